The van der Waals surface area contributed by atoms with E-state index in [9.17, 15) is 18.0 Å². The molecule has 2 rings (SSSR count). The number of carbonyl (C=O) groups is 2. The number of nitrogens with zero attached hydrogens (tertiary/aromatic N) is 2. The lowest BCUT2D eigenvalue weighted by atomic mass is 10.1. The lowest BCUT2D eigenvalue weighted by Gasteiger charge is -2.31. The third-order valence-corrected chi connectivity index (χ3v) is 7.02. The van der Waals surface area contributed by atoms with Crippen molar-refractivity contribution in [3.63, 3.8) is 0 Å². The Morgan fingerprint density at radius 3 is 2.12 bits per heavy atom. The zero-order chi connectivity index (χ0) is 25.5. The number of rotatable bonds is 11. The fourth-order valence-electron chi connectivity index (χ4n) is 3.18. The van der Waals surface area contributed by atoms with Crippen molar-refractivity contribution >= 4 is 50.1 Å². The van der Waals surface area contributed by atoms with Gasteiger partial charge in [0.15, 0.2) is 0 Å². The summed E-state index contributed by atoms with van der Waals surface area (Å²) in [5.74, 6) is 0.150. The minimum Gasteiger partial charge on any atom is -0.497 e. The van der Waals surface area contributed by atoms with Gasteiger partial charge in [-0.05, 0) is 77.4 Å². The lowest BCUT2D eigenvalue weighted by Crippen LogP contribution is -2.51. The van der Waals surface area contributed by atoms with Crippen LogP contribution in [0.3, 0.4) is 0 Å². The summed E-state index contributed by atoms with van der Waals surface area (Å²) in [5.41, 5.74) is 1.18. The molecule has 0 aliphatic carbocycles. The second kappa shape index (κ2) is 12.4. The van der Waals surface area contributed by atoms with Crippen LogP contribution in [0.4, 0.5) is 5.69 Å². The number of halogens is 1. The van der Waals surface area contributed by atoms with E-state index < -0.39 is 28.5 Å². The van der Waals surface area contributed by atoms with Gasteiger partial charge in [0.25, 0.3) is 0 Å². The van der Waals surface area contributed by atoms with Gasteiger partial charge in [-0.2, -0.15) is 0 Å². The Balaban J connectivity index is 2.34. The zero-order valence-electron chi connectivity index (χ0n) is 20.1. The van der Waals surface area contributed by atoms with E-state index in [1.807, 2.05) is 26.0 Å². The predicted molar refractivity (Wildman–Crippen MR) is 142 cm³/mol. The van der Waals surface area contributed by atoms with Gasteiger partial charge in [0, 0.05) is 16.7 Å². The van der Waals surface area contributed by atoms with E-state index in [-0.39, 0.29) is 18.4 Å². The number of sulfonamides is 1. The van der Waals surface area contributed by atoms with Crippen LogP contribution < -0.4 is 14.4 Å². The standard InChI is InChI=1S/C24H32IN3O5S/c1-17(2)14-26-24(30)18(3)27(15-19-6-12-22(33-4)13-7-19)23(29)16-28(34(5,31)32)21-10-8-20(25)9-11-21/h6-13,17-18H,14-16H2,1-5H3,(H,26,30)/t18-/m0/s1. The zero-order valence-corrected chi connectivity index (χ0v) is 23.1. The number of nitrogens with one attached hydrogen (secondary N) is 1. The van der Waals surface area contributed by atoms with Gasteiger partial charge in [0.2, 0.25) is 21.8 Å². The van der Waals surface area contributed by atoms with Gasteiger partial charge >= 0.3 is 0 Å². The average molecular weight is 602 g/mol. The Labute approximate surface area is 215 Å². The minimum absolute atomic E-state index is 0.142. The molecule has 0 aliphatic rings. The molecule has 0 unspecified atom stereocenters. The molecule has 0 aromatic heterocycles. The summed E-state index contributed by atoms with van der Waals surface area (Å²) in [4.78, 5) is 27.7. The van der Waals surface area contributed by atoms with Crippen molar-refractivity contribution in [2.45, 2.75) is 33.4 Å². The maximum atomic E-state index is 13.5. The molecule has 0 heterocycles. The SMILES string of the molecule is COc1ccc(CN(C(=O)CN(c2ccc(I)cc2)S(C)(=O)=O)[C@@H](C)C(=O)NCC(C)C)cc1. The van der Waals surface area contributed by atoms with E-state index in [0.717, 1.165) is 19.7 Å². The Kier molecular flexibility index (Phi) is 10.2. The molecular weight excluding hydrogens is 569 g/mol. The summed E-state index contributed by atoms with van der Waals surface area (Å²) in [6.45, 7) is 5.81. The summed E-state index contributed by atoms with van der Waals surface area (Å²) in [5, 5.41) is 2.86. The molecule has 34 heavy (non-hydrogen) atoms. The van der Waals surface area contributed by atoms with E-state index in [0.29, 0.717) is 18.0 Å². The molecule has 8 nitrogen and oxygen atoms in total. The molecular formula is C24H32IN3O5S. The van der Waals surface area contributed by atoms with Crippen LogP contribution in [0, 0.1) is 9.49 Å². The lowest BCUT2D eigenvalue weighted by molar-refractivity contribution is -0.139. The van der Waals surface area contributed by atoms with Gasteiger partial charge in [-0.25, -0.2) is 8.42 Å². The molecule has 0 saturated heterocycles. The highest BCUT2D eigenvalue weighted by Gasteiger charge is 2.30. The molecule has 186 valence electrons. The predicted octanol–water partition coefficient (Wildman–Crippen LogP) is 3.26. The van der Waals surface area contributed by atoms with Crippen molar-refractivity contribution in [2.75, 3.05) is 30.8 Å². The molecule has 2 aromatic carbocycles. The molecule has 0 fully saturated rings. The number of anilines is 1. The summed E-state index contributed by atoms with van der Waals surface area (Å²) in [7, 11) is -2.18. The number of benzene rings is 2. The minimum atomic E-state index is -3.74. The van der Waals surface area contributed by atoms with Crippen molar-refractivity contribution in [1.29, 1.82) is 0 Å². The first-order valence-electron chi connectivity index (χ1n) is 10.9. The summed E-state index contributed by atoms with van der Waals surface area (Å²) in [6.07, 6.45) is 1.06. The molecule has 2 aromatic rings. The first-order valence-corrected chi connectivity index (χ1v) is 13.8. The number of amides is 2. The quantitative estimate of drug-likeness (QED) is 0.399. The number of hydrogen-bond acceptors (Lipinski definition) is 5. The van der Waals surface area contributed by atoms with Crippen LogP contribution in [0.5, 0.6) is 5.75 Å². The highest BCUT2D eigenvalue weighted by atomic mass is 127. The van der Waals surface area contributed by atoms with Gasteiger partial charge in [-0.15, -0.1) is 0 Å². The summed E-state index contributed by atoms with van der Waals surface area (Å²) >= 11 is 2.13. The third kappa shape index (κ3) is 8.15. The Morgan fingerprint density at radius 2 is 1.62 bits per heavy atom. The first-order chi connectivity index (χ1) is 15.9. The van der Waals surface area contributed by atoms with E-state index in [2.05, 4.69) is 27.9 Å². The maximum absolute atomic E-state index is 13.5. The monoisotopic (exact) mass is 601 g/mol. The largest absolute Gasteiger partial charge is 0.497 e. The number of ether oxygens (including phenoxy) is 1. The van der Waals surface area contributed by atoms with Crippen molar-refractivity contribution in [3.05, 3.63) is 57.7 Å². The molecule has 0 radical (unpaired) electrons. The molecule has 0 bridgehead atoms. The van der Waals surface area contributed by atoms with Crippen LogP contribution in [-0.2, 0) is 26.2 Å². The van der Waals surface area contributed by atoms with Gasteiger partial charge in [-0.1, -0.05) is 26.0 Å². The fourth-order valence-corrected chi connectivity index (χ4v) is 4.39. The van der Waals surface area contributed by atoms with Gasteiger partial charge < -0.3 is 15.0 Å². The molecule has 1 N–H and O–H groups in total. The molecule has 0 spiro atoms. The number of carbonyl (C=O) groups excluding carboxylic acids is 2. The molecule has 0 aliphatic heterocycles. The number of hydrogen-bond donors (Lipinski definition) is 1. The van der Waals surface area contributed by atoms with E-state index in [1.165, 1.54) is 4.90 Å². The third-order valence-electron chi connectivity index (χ3n) is 5.16. The molecule has 0 saturated carbocycles. The van der Waals surface area contributed by atoms with Gasteiger partial charge in [0.05, 0.1) is 19.1 Å². The summed E-state index contributed by atoms with van der Waals surface area (Å²) in [6, 6.07) is 13.2. The highest BCUT2D eigenvalue weighted by Crippen LogP contribution is 2.21. The van der Waals surface area contributed by atoms with Crippen LogP contribution in [0.2, 0.25) is 0 Å². The molecule has 2 amide bonds. The van der Waals surface area contributed by atoms with Crippen LogP contribution in [0.25, 0.3) is 0 Å². The molecule has 1 atom stereocenters. The van der Waals surface area contributed by atoms with E-state index in [4.69, 9.17) is 4.74 Å². The van der Waals surface area contributed by atoms with Crippen molar-refractivity contribution < 1.29 is 22.7 Å². The van der Waals surface area contributed by atoms with E-state index >= 15 is 0 Å². The van der Waals surface area contributed by atoms with Crippen LogP contribution in [-0.4, -0.2) is 57.6 Å². The maximum Gasteiger partial charge on any atom is 0.244 e. The topological polar surface area (TPSA) is 96.0 Å². The highest BCUT2D eigenvalue weighted by molar-refractivity contribution is 14.1. The number of methoxy groups -OCH3 is 1. The van der Waals surface area contributed by atoms with Gasteiger partial charge in [-0.3, -0.25) is 13.9 Å². The van der Waals surface area contributed by atoms with Crippen molar-refractivity contribution in [2.24, 2.45) is 5.92 Å². The second-order valence-electron chi connectivity index (χ2n) is 8.43. The second-order valence-corrected chi connectivity index (χ2v) is 11.6. The van der Waals surface area contributed by atoms with Crippen LogP contribution in [0.15, 0.2) is 48.5 Å². The Bertz CT molecular complexity index is 1070. The van der Waals surface area contributed by atoms with Crippen molar-refractivity contribution in [1.82, 2.24) is 10.2 Å². The average Bonchev–Trinajstić information content (AvgIpc) is 2.79. The Morgan fingerprint density at radius 1 is 1.03 bits per heavy atom. The van der Waals surface area contributed by atoms with Gasteiger partial charge in [0.1, 0.15) is 18.3 Å². The fraction of sp³-hybridized carbons (Fsp3) is 0.417. The smallest absolute Gasteiger partial charge is 0.244 e. The normalized spacial score (nSPS) is 12.2. The summed E-state index contributed by atoms with van der Waals surface area (Å²) < 4.78 is 32.3. The van der Waals surface area contributed by atoms with Crippen LogP contribution in [0.1, 0.15) is 26.3 Å². The molecule has 10 heteroatoms. The Hall–Kier alpha value is -2.34. The van der Waals surface area contributed by atoms with Crippen molar-refractivity contribution in [3.8, 4) is 5.75 Å². The van der Waals surface area contributed by atoms with E-state index in [1.54, 1.807) is 50.4 Å². The van der Waals surface area contributed by atoms with Crippen LogP contribution >= 0.6 is 22.6 Å². The first kappa shape index (κ1) is 27.9.